The average Bonchev–Trinajstić information content (AvgIpc) is 3.28. The molecule has 3 amide bonds. The van der Waals surface area contributed by atoms with Gasteiger partial charge < -0.3 is 19.9 Å². The van der Waals surface area contributed by atoms with Crippen molar-refractivity contribution in [1.82, 2.24) is 10.2 Å². The van der Waals surface area contributed by atoms with Crippen LogP contribution in [0.15, 0.2) is 54.6 Å². The summed E-state index contributed by atoms with van der Waals surface area (Å²) in [6.45, 7) is 2.19. The van der Waals surface area contributed by atoms with Gasteiger partial charge in [-0.05, 0) is 55.5 Å². The van der Waals surface area contributed by atoms with Crippen molar-refractivity contribution in [3.63, 3.8) is 0 Å². The van der Waals surface area contributed by atoms with Crippen molar-refractivity contribution < 1.29 is 19.1 Å². The first-order valence-corrected chi connectivity index (χ1v) is 12.1. The predicted molar refractivity (Wildman–Crippen MR) is 131 cm³/mol. The van der Waals surface area contributed by atoms with Crippen LogP contribution in [0.3, 0.4) is 0 Å². The minimum atomic E-state index is -0.335. The number of anilines is 1. The fourth-order valence-electron chi connectivity index (χ4n) is 4.80. The Hall–Kier alpha value is -3.35. The van der Waals surface area contributed by atoms with E-state index in [4.69, 9.17) is 4.74 Å². The van der Waals surface area contributed by atoms with Crippen molar-refractivity contribution in [3.8, 4) is 5.75 Å². The van der Waals surface area contributed by atoms with Gasteiger partial charge in [0, 0.05) is 44.2 Å². The summed E-state index contributed by atoms with van der Waals surface area (Å²) in [5, 5.41) is 3.06. The zero-order chi connectivity index (χ0) is 23.9. The molecule has 2 aliphatic rings. The summed E-state index contributed by atoms with van der Waals surface area (Å²) in [6, 6.07) is 17.6. The normalized spacial score (nSPS) is 18.7. The van der Waals surface area contributed by atoms with E-state index in [1.54, 1.807) is 12.0 Å². The second-order valence-corrected chi connectivity index (χ2v) is 9.08. The van der Waals surface area contributed by atoms with Crippen LogP contribution in [-0.2, 0) is 20.8 Å². The Morgan fingerprint density at radius 3 is 2.38 bits per heavy atom. The topological polar surface area (TPSA) is 79.0 Å². The first-order chi connectivity index (χ1) is 16.5. The van der Waals surface area contributed by atoms with Crippen molar-refractivity contribution in [1.29, 1.82) is 0 Å². The molecule has 0 aromatic heterocycles. The maximum Gasteiger partial charge on any atom is 0.228 e. The molecule has 1 atom stereocenters. The highest BCUT2D eigenvalue weighted by atomic mass is 16.5. The van der Waals surface area contributed by atoms with Gasteiger partial charge in [-0.15, -0.1) is 0 Å². The van der Waals surface area contributed by atoms with Crippen LogP contribution in [0.25, 0.3) is 0 Å². The van der Waals surface area contributed by atoms with Gasteiger partial charge in [-0.25, -0.2) is 0 Å². The molecule has 4 rings (SSSR count). The Morgan fingerprint density at radius 1 is 1.00 bits per heavy atom. The number of benzene rings is 2. The van der Waals surface area contributed by atoms with E-state index in [1.807, 2.05) is 47.4 Å². The lowest BCUT2D eigenvalue weighted by Crippen LogP contribution is -2.45. The number of likely N-dealkylation sites (tertiary alicyclic amines) is 1. The number of carbonyl (C=O) groups is 3. The summed E-state index contributed by atoms with van der Waals surface area (Å²) < 4.78 is 5.18. The van der Waals surface area contributed by atoms with Crippen LogP contribution in [-0.4, -0.2) is 55.9 Å². The molecule has 2 fully saturated rings. The lowest BCUT2D eigenvalue weighted by Gasteiger charge is -2.33. The van der Waals surface area contributed by atoms with E-state index in [2.05, 4.69) is 17.4 Å². The number of hydrogen-bond donors (Lipinski definition) is 1. The standard InChI is InChI=1S/C27H33N3O4/c1-34-24-11-9-23(10-12-24)30-19-22(18-25(30)31)27(33)29-16-13-21(14-17-29)26(32)28-15-5-8-20-6-3-2-4-7-20/h2-4,6-7,9-12,21-22H,5,8,13-19H2,1H3,(H,28,32). The number of nitrogens with one attached hydrogen (secondary N) is 1. The van der Waals surface area contributed by atoms with Crippen LogP contribution in [0.5, 0.6) is 5.75 Å². The lowest BCUT2D eigenvalue weighted by molar-refractivity contribution is -0.139. The van der Waals surface area contributed by atoms with Gasteiger partial charge in [0.1, 0.15) is 5.75 Å². The number of carbonyl (C=O) groups excluding carboxylic acids is 3. The Balaban J connectivity index is 1.20. The molecule has 34 heavy (non-hydrogen) atoms. The fourth-order valence-corrected chi connectivity index (χ4v) is 4.80. The van der Waals surface area contributed by atoms with E-state index < -0.39 is 0 Å². The van der Waals surface area contributed by atoms with Crippen LogP contribution in [0.2, 0.25) is 0 Å². The molecule has 2 aromatic rings. The zero-order valence-electron chi connectivity index (χ0n) is 19.7. The predicted octanol–water partition coefficient (Wildman–Crippen LogP) is 3.04. The second kappa shape index (κ2) is 11.2. The number of aryl methyl sites for hydroxylation is 1. The third-order valence-electron chi connectivity index (χ3n) is 6.82. The van der Waals surface area contributed by atoms with E-state index in [0.29, 0.717) is 39.0 Å². The SMILES string of the molecule is COc1ccc(N2CC(C(=O)N3CCC(C(=O)NCCCc4ccccc4)CC3)CC2=O)cc1. The molecule has 1 unspecified atom stereocenters. The van der Waals surface area contributed by atoms with Crippen LogP contribution in [0.4, 0.5) is 5.69 Å². The third-order valence-corrected chi connectivity index (χ3v) is 6.82. The molecule has 0 aliphatic carbocycles. The van der Waals surface area contributed by atoms with E-state index in [1.165, 1.54) is 5.56 Å². The Kier molecular flexibility index (Phi) is 7.83. The van der Waals surface area contributed by atoms with E-state index >= 15 is 0 Å². The van der Waals surface area contributed by atoms with Gasteiger partial charge in [-0.3, -0.25) is 14.4 Å². The molecule has 2 saturated heterocycles. The number of hydrogen-bond acceptors (Lipinski definition) is 4. The molecule has 180 valence electrons. The minimum absolute atomic E-state index is 0.0195. The van der Waals surface area contributed by atoms with Crippen molar-refractivity contribution in [2.24, 2.45) is 11.8 Å². The molecular weight excluding hydrogens is 430 g/mol. The molecule has 7 heteroatoms. The monoisotopic (exact) mass is 463 g/mol. The maximum atomic E-state index is 13.1. The molecule has 7 nitrogen and oxygen atoms in total. The summed E-state index contributed by atoms with van der Waals surface area (Å²) in [5.74, 6) is 0.409. The van der Waals surface area contributed by atoms with Crippen LogP contribution in [0, 0.1) is 11.8 Å². The Bertz CT molecular complexity index is 985. The summed E-state index contributed by atoms with van der Waals surface area (Å²) in [6.07, 6.45) is 3.42. The smallest absolute Gasteiger partial charge is 0.228 e. The van der Waals surface area contributed by atoms with E-state index in [0.717, 1.165) is 24.3 Å². The lowest BCUT2D eigenvalue weighted by atomic mass is 9.94. The number of nitrogens with zero attached hydrogens (tertiary/aromatic N) is 2. The number of amides is 3. The van der Waals surface area contributed by atoms with Gasteiger partial charge in [-0.1, -0.05) is 30.3 Å². The quantitative estimate of drug-likeness (QED) is 0.611. The average molecular weight is 464 g/mol. The van der Waals surface area contributed by atoms with E-state index in [-0.39, 0.29) is 36.0 Å². The molecule has 0 spiro atoms. The summed E-state index contributed by atoms with van der Waals surface area (Å²) in [5.41, 5.74) is 2.06. The number of ether oxygens (including phenoxy) is 1. The Labute approximate surface area is 201 Å². The minimum Gasteiger partial charge on any atom is -0.497 e. The summed E-state index contributed by atoms with van der Waals surface area (Å²) in [4.78, 5) is 41.7. The second-order valence-electron chi connectivity index (χ2n) is 9.08. The van der Waals surface area contributed by atoms with Gasteiger partial charge >= 0.3 is 0 Å². The third kappa shape index (κ3) is 5.76. The van der Waals surface area contributed by atoms with Crippen molar-refractivity contribution >= 4 is 23.4 Å². The molecule has 2 heterocycles. The van der Waals surface area contributed by atoms with Crippen LogP contribution < -0.4 is 15.0 Å². The maximum absolute atomic E-state index is 13.1. The number of piperidine rings is 1. The Morgan fingerprint density at radius 2 is 1.71 bits per heavy atom. The fraction of sp³-hybridized carbons (Fsp3) is 0.444. The van der Waals surface area contributed by atoms with Crippen molar-refractivity contribution in [3.05, 3.63) is 60.2 Å². The summed E-state index contributed by atoms with van der Waals surface area (Å²) >= 11 is 0. The van der Waals surface area contributed by atoms with Crippen molar-refractivity contribution in [2.45, 2.75) is 32.1 Å². The molecule has 1 N–H and O–H groups in total. The number of methoxy groups -OCH3 is 1. The van der Waals surface area contributed by atoms with Gasteiger partial charge in [0.15, 0.2) is 0 Å². The summed E-state index contributed by atoms with van der Waals surface area (Å²) in [7, 11) is 1.60. The van der Waals surface area contributed by atoms with Crippen LogP contribution in [0.1, 0.15) is 31.2 Å². The number of rotatable bonds is 8. The van der Waals surface area contributed by atoms with Gasteiger partial charge in [0.05, 0.1) is 13.0 Å². The zero-order valence-corrected chi connectivity index (χ0v) is 19.7. The van der Waals surface area contributed by atoms with Gasteiger partial charge in [-0.2, -0.15) is 0 Å². The first-order valence-electron chi connectivity index (χ1n) is 12.1. The van der Waals surface area contributed by atoms with Gasteiger partial charge in [0.2, 0.25) is 17.7 Å². The molecule has 0 saturated carbocycles. The van der Waals surface area contributed by atoms with E-state index in [9.17, 15) is 14.4 Å². The highest BCUT2D eigenvalue weighted by Gasteiger charge is 2.38. The first kappa shape index (κ1) is 23.8. The van der Waals surface area contributed by atoms with Gasteiger partial charge in [0.25, 0.3) is 0 Å². The highest BCUT2D eigenvalue weighted by molar-refractivity contribution is 6.00. The largest absolute Gasteiger partial charge is 0.497 e. The highest BCUT2D eigenvalue weighted by Crippen LogP contribution is 2.29. The molecule has 2 aliphatic heterocycles. The molecule has 0 radical (unpaired) electrons. The van der Waals surface area contributed by atoms with Crippen LogP contribution >= 0.6 is 0 Å². The molecule has 0 bridgehead atoms. The molecular formula is C27H33N3O4. The molecule has 2 aromatic carbocycles. The van der Waals surface area contributed by atoms with Crippen molar-refractivity contribution in [2.75, 3.05) is 38.2 Å².